The third-order valence-corrected chi connectivity index (χ3v) is 16.8. The first-order valence-electron chi connectivity index (χ1n) is 36.8. The fourth-order valence-electron chi connectivity index (χ4n) is 11.1. The van der Waals surface area contributed by atoms with Crippen LogP contribution >= 0.6 is 0 Å². The first-order chi connectivity index (χ1) is 43.3. The highest BCUT2D eigenvalue weighted by Crippen LogP contribution is 2.23. The molecule has 9 nitrogen and oxygen atoms in total. The highest BCUT2D eigenvalue weighted by Gasteiger charge is 2.44. The fourth-order valence-corrected chi connectivity index (χ4v) is 11.1. The van der Waals surface area contributed by atoms with Crippen molar-refractivity contribution in [3.8, 4) is 0 Å². The monoisotopic (exact) mass is 1230 g/mol. The lowest BCUT2D eigenvalue weighted by Crippen LogP contribution is -2.60. The summed E-state index contributed by atoms with van der Waals surface area (Å²) in [6.45, 7) is 3.69. The van der Waals surface area contributed by atoms with Crippen LogP contribution in [0, 0.1) is 0 Å². The van der Waals surface area contributed by atoms with Crippen LogP contribution in [0.15, 0.2) is 122 Å². The zero-order chi connectivity index (χ0) is 63.5. The standard InChI is InChI=1S/C79H137NO8/c1-3-5-7-9-11-13-15-17-19-21-23-25-27-29-30-31-32-33-34-35-36-37-38-39-40-41-42-43-44-45-47-49-51-53-55-57-59-61-63-65-67-69-75(83)80-72(71-87-79-78(86)77(85)76(84)74(70-81)88-79)73(82)68-66-64-62-60-58-56-54-52-50-48-46-28-26-24-22-20-18-16-14-12-10-8-6-4-2/h5,7,11,13,17,19,23,25,29-30,32-33,35-36,38-39,41-42,66,68,72-74,76-79,81-82,84-86H,3-4,6,8-10,12,14-16,18,20-22,24,26-28,31,34,37,40,43-65,67,69-71H2,1-2H3,(H,80,83)/b7-5-,13-11-,19-17-,25-23-,30-29-,33-32-,36-35-,39-38-,42-41-,68-66+. The molecule has 1 aliphatic heterocycles. The van der Waals surface area contributed by atoms with Crippen molar-refractivity contribution in [3.05, 3.63) is 122 Å². The molecule has 0 aromatic carbocycles. The van der Waals surface area contributed by atoms with Crippen LogP contribution in [0.4, 0.5) is 0 Å². The Labute approximate surface area is 541 Å². The Bertz CT molecular complexity index is 1810. The van der Waals surface area contributed by atoms with Crippen molar-refractivity contribution in [3.63, 3.8) is 0 Å². The van der Waals surface area contributed by atoms with Crippen molar-refractivity contribution >= 4 is 5.91 Å². The molecule has 0 aromatic rings. The van der Waals surface area contributed by atoms with E-state index in [4.69, 9.17) is 9.47 Å². The SMILES string of the molecule is CC/C=C\C/C=C\C/C=C\C/C=C\C/C=C\C/C=C\C/C=C\C/C=C\C/C=C\CCCCCCCCCCCCCCCC(=O)NC(COC1OC(CO)C(O)C(O)C1O)C(O)/C=C/CCCCCCCCCCCCCCCCCCCCCCCC. The summed E-state index contributed by atoms with van der Waals surface area (Å²) >= 11 is 0. The second-order valence-corrected chi connectivity index (χ2v) is 25.0. The maximum atomic E-state index is 13.1. The minimum atomic E-state index is -1.57. The van der Waals surface area contributed by atoms with E-state index < -0.39 is 49.5 Å². The zero-order valence-electron chi connectivity index (χ0n) is 56.7. The Balaban J connectivity index is 2.12. The van der Waals surface area contributed by atoms with Crippen LogP contribution in [0.3, 0.4) is 0 Å². The highest BCUT2D eigenvalue weighted by atomic mass is 16.7. The van der Waals surface area contributed by atoms with Crippen molar-refractivity contribution in [1.29, 1.82) is 0 Å². The number of hydrogen-bond acceptors (Lipinski definition) is 8. The van der Waals surface area contributed by atoms with Crippen LogP contribution in [-0.2, 0) is 14.3 Å². The van der Waals surface area contributed by atoms with E-state index in [9.17, 15) is 30.3 Å². The van der Waals surface area contributed by atoms with E-state index in [1.54, 1.807) is 6.08 Å². The molecule has 1 heterocycles. The van der Waals surface area contributed by atoms with Gasteiger partial charge in [0.2, 0.25) is 5.91 Å². The average Bonchev–Trinajstić information content (AvgIpc) is 3.31. The molecule has 0 saturated carbocycles. The van der Waals surface area contributed by atoms with Crippen LogP contribution in [0.2, 0.25) is 0 Å². The number of carbonyl (C=O) groups excluding carboxylic acids is 1. The third-order valence-electron chi connectivity index (χ3n) is 16.8. The van der Waals surface area contributed by atoms with Gasteiger partial charge in [0.25, 0.3) is 0 Å². The Morgan fingerprint density at radius 3 is 1.05 bits per heavy atom. The molecule has 1 rings (SSSR count). The summed E-state index contributed by atoms with van der Waals surface area (Å²) in [7, 11) is 0. The zero-order valence-corrected chi connectivity index (χ0v) is 56.7. The van der Waals surface area contributed by atoms with Gasteiger partial charge < -0.3 is 40.3 Å². The molecule has 1 amide bonds. The average molecular weight is 1230 g/mol. The molecular formula is C79H137NO8. The van der Waals surface area contributed by atoms with Crippen molar-refractivity contribution in [2.45, 2.75) is 358 Å². The van der Waals surface area contributed by atoms with E-state index in [0.717, 1.165) is 96.3 Å². The lowest BCUT2D eigenvalue weighted by atomic mass is 9.99. The molecule has 88 heavy (non-hydrogen) atoms. The van der Waals surface area contributed by atoms with E-state index in [1.807, 2.05) is 6.08 Å². The summed E-state index contributed by atoms with van der Waals surface area (Å²) in [6.07, 6.45) is 93.0. The second-order valence-electron chi connectivity index (χ2n) is 25.0. The van der Waals surface area contributed by atoms with E-state index >= 15 is 0 Å². The van der Waals surface area contributed by atoms with E-state index in [2.05, 4.69) is 129 Å². The fraction of sp³-hybridized carbons (Fsp3) is 0.734. The number of allylic oxidation sites excluding steroid dienone is 19. The number of hydrogen-bond donors (Lipinski definition) is 6. The van der Waals surface area contributed by atoms with Crippen LogP contribution < -0.4 is 5.32 Å². The van der Waals surface area contributed by atoms with E-state index in [0.29, 0.717) is 6.42 Å². The summed E-state index contributed by atoms with van der Waals surface area (Å²) in [4.78, 5) is 13.1. The molecule has 7 atom stereocenters. The first-order valence-corrected chi connectivity index (χ1v) is 36.8. The number of unbranched alkanes of at least 4 members (excludes halogenated alkanes) is 35. The van der Waals surface area contributed by atoms with Crippen molar-refractivity contribution in [1.82, 2.24) is 5.32 Å². The highest BCUT2D eigenvalue weighted by molar-refractivity contribution is 5.76. The van der Waals surface area contributed by atoms with Crippen molar-refractivity contribution in [2.75, 3.05) is 13.2 Å². The minimum absolute atomic E-state index is 0.179. The maximum Gasteiger partial charge on any atom is 0.220 e. The lowest BCUT2D eigenvalue weighted by molar-refractivity contribution is -0.302. The minimum Gasteiger partial charge on any atom is -0.394 e. The second kappa shape index (κ2) is 66.5. The molecule has 506 valence electrons. The molecule has 0 bridgehead atoms. The number of ether oxygens (including phenoxy) is 2. The Hall–Kier alpha value is -3.41. The van der Waals surface area contributed by atoms with Gasteiger partial charge in [-0.2, -0.15) is 0 Å². The van der Waals surface area contributed by atoms with E-state index in [-0.39, 0.29) is 12.5 Å². The number of aliphatic hydroxyl groups is 5. The smallest absolute Gasteiger partial charge is 0.220 e. The quantitative estimate of drug-likeness (QED) is 0.0261. The van der Waals surface area contributed by atoms with Crippen LogP contribution in [0.1, 0.15) is 316 Å². The molecule has 9 heteroatoms. The summed E-state index contributed by atoms with van der Waals surface area (Å²) in [5.41, 5.74) is 0. The van der Waals surface area contributed by atoms with Gasteiger partial charge in [-0.3, -0.25) is 4.79 Å². The molecular weight excluding hydrogens is 1090 g/mol. The Morgan fingerprint density at radius 2 is 0.705 bits per heavy atom. The number of nitrogens with one attached hydrogen (secondary N) is 1. The van der Waals surface area contributed by atoms with Gasteiger partial charge in [-0.25, -0.2) is 0 Å². The molecule has 1 saturated heterocycles. The summed E-state index contributed by atoms with van der Waals surface area (Å²) in [6, 6.07) is -0.814. The Morgan fingerprint density at radius 1 is 0.398 bits per heavy atom. The number of amides is 1. The molecule has 1 aliphatic rings. The van der Waals surface area contributed by atoms with Crippen molar-refractivity contribution in [2.24, 2.45) is 0 Å². The molecule has 0 aliphatic carbocycles. The predicted octanol–water partition coefficient (Wildman–Crippen LogP) is 20.6. The number of aliphatic hydroxyl groups excluding tert-OH is 5. The van der Waals surface area contributed by atoms with Gasteiger partial charge >= 0.3 is 0 Å². The number of carbonyl (C=O) groups is 1. The van der Waals surface area contributed by atoms with Crippen LogP contribution in [-0.4, -0.2) is 87.5 Å². The largest absolute Gasteiger partial charge is 0.394 e. The summed E-state index contributed by atoms with van der Waals surface area (Å²) < 4.78 is 11.3. The van der Waals surface area contributed by atoms with Gasteiger partial charge in [0, 0.05) is 6.42 Å². The number of rotatable bonds is 63. The van der Waals surface area contributed by atoms with Gasteiger partial charge in [-0.05, 0) is 89.9 Å². The van der Waals surface area contributed by atoms with Crippen LogP contribution in [0.25, 0.3) is 0 Å². The summed E-state index contributed by atoms with van der Waals surface area (Å²) in [5, 5.41) is 54.8. The maximum absolute atomic E-state index is 13.1. The van der Waals surface area contributed by atoms with Gasteiger partial charge in [-0.1, -0.05) is 341 Å². The predicted molar refractivity (Wildman–Crippen MR) is 377 cm³/mol. The van der Waals surface area contributed by atoms with Crippen molar-refractivity contribution < 1.29 is 39.8 Å². The molecule has 6 N–H and O–H groups in total. The molecule has 7 unspecified atom stereocenters. The van der Waals surface area contributed by atoms with Gasteiger partial charge in [0.05, 0.1) is 25.4 Å². The molecule has 0 spiro atoms. The molecule has 0 aromatic heterocycles. The van der Waals surface area contributed by atoms with Gasteiger partial charge in [-0.15, -0.1) is 0 Å². The van der Waals surface area contributed by atoms with Gasteiger partial charge in [0.15, 0.2) is 6.29 Å². The molecule has 0 radical (unpaired) electrons. The van der Waals surface area contributed by atoms with E-state index in [1.165, 1.54) is 199 Å². The topological polar surface area (TPSA) is 149 Å². The van der Waals surface area contributed by atoms with Crippen LogP contribution in [0.5, 0.6) is 0 Å². The summed E-state index contributed by atoms with van der Waals surface area (Å²) in [5.74, 6) is -0.179. The molecule has 1 fully saturated rings. The lowest BCUT2D eigenvalue weighted by Gasteiger charge is -2.40. The first kappa shape index (κ1) is 82.6. The Kier molecular flexibility index (Phi) is 62.4. The van der Waals surface area contributed by atoms with Gasteiger partial charge in [0.1, 0.15) is 24.4 Å². The third kappa shape index (κ3) is 54.3. The normalized spacial score (nSPS) is 18.6.